The fourth-order valence-corrected chi connectivity index (χ4v) is 3.32. The number of rotatable bonds is 6. The van der Waals surface area contributed by atoms with E-state index in [1.807, 2.05) is 30.9 Å². The summed E-state index contributed by atoms with van der Waals surface area (Å²) in [5.41, 5.74) is 0.618. The quantitative estimate of drug-likeness (QED) is 0.358. The van der Waals surface area contributed by atoms with Crippen molar-refractivity contribution >= 4 is 33.7 Å². The Bertz CT molecular complexity index is 692. The van der Waals surface area contributed by atoms with E-state index >= 15 is 0 Å². The van der Waals surface area contributed by atoms with E-state index in [4.69, 9.17) is 0 Å². The summed E-state index contributed by atoms with van der Waals surface area (Å²) in [5, 5.41) is 9.41. The van der Waals surface area contributed by atoms with Gasteiger partial charge in [-0.25, -0.2) is 0 Å². The lowest BCUT2D eigenvalue weighted by atomic mass is 10.2. The molecule has 7 nitrogen and oxygen atoms in total. The number of benzene rings is 1. The summed E-state index contributed by atoms with van der Waals surface area (Å²) in [7, 11) is 1.71. The average molecular weight is 438 g/mol. The Morgan fingerprint density at radius 1 is 1.30 bits per heavy atom. The Labute approximate surface area is 169 Å². The van der Waals surface area contributed by atoms with Gasteiger partial charge in [-0.15, -0.1) is 0 Å². The summed E-state index contributed by atoms with van der Waals surface area (Å²) in [6.45, 7) is 6.35. The predicted octanol–water partition coefficient (Wildman–Crippen LogP) is 1.60. The minimum atomic E-state index is -0.111. The first-order valence-corrected chi connectivity index (χ1v) is 9.99. The number of guanidine groups is 1. The van der Waals surface area contributed by atoms with Gasteiger partial charge in [-0.2, -0.15) is 0 Å². The number of amides is 2. The standard InChI is InChI=1S/C19H28BrN5O2/c1-13(2)18(27)25-10-7-16(12-25)24-19(21-3)23-9-8-22-17(26)14-5-4-6-15(20)11-14/h4-6,11,13,16H,7-10,12H2,1-3H3,(H,22,26)(H2,21,23,24). The van der Waals surface area contributed by atoms with Crippen molar-refractivity contribution in [2.45, 2.75) is 26.3 Å². The molecule has 2 rings (SSSR count). The Kier molecular flexibility index (Phi) is 8.09. The third-order valence-electron chi connectivity index (χ3n) is 4.35. The van der Waals surface area contributed by atoms with Crippen LogP contribution in [0.1, 0.15) is 30.6 Å². The van der Waals surface area contributed by atoms with E-state index in [0.717, 1.165) is 17.4 Å². The van der Waals surface area contributed by atoms with Gasteiger partial charge < -0.3 is 20.9 Å². The van der Waals surface area contributed by atoms with Gasteiger partial charge in [-0.1, -0.05) is 35.8 Å². The first kappa shape index (κ1) is 21.2. The summed E-state index contributed by atoms with van der Waals surface area (Å²) in [5.74, 6) is 0.780. The Hall–Kier alpha value is -2.09. The molecule has 27 heavy (non-hydrogen) atoms. The van der Waals surface area contributed by atoms with Gasteiger partial charge in [0.25, 0.3) is 5.91 Å². The summed E-state index contributed by atoms with van der Waals surface area (Å²) in [4.78, 5) is 30.3. The third kappa shape index (κ3) is 6.53. The fourth-order valence-electron chi connectivity index (χ4n) is 2.92. The van der Waals surface area contributed by atoms with Crippen molar-refractivity contribution in [2.75, 3.05) is 33.2 Å². The zero-order chi connectivity index (χ0) is 19.8. The molecule has 1 atom stereocenters. The molecule has 1 unspecified atom stereocenters. The molecule has 1 aliphatic heterocycles. The maximum atomic E-state index is 12.1. The SMILES string of the molecule is CN=C(NCCNC(=O)c1cccc(Br)c1)NC1CCN(C(=O)C(C)C)C1. The molecular formula is C19H28BrN5O2. The van der Waals surface area contributed by atoms with Gasteiger partial charge in [0.05, 0.1) is 0 Å². The van der Waals surface area contributed by atoms with E-state index in [1.54, 1.807) is 19.2 Å². The summed E-state index contributed by atoms with van der Waals surface area (Å²) < 4.78 is 0.874. The van der Waals surface area contributed by atoms with E-state index < -0.39 is 0 Å². The van der Waals surface area contributed by atoms with E-state index in [-0.39, 0.29) is 23.8 Å². The molecule has 1 aliphatic rings. The van der Waals surface area contributed by atoms with Crippen LogP contribution in [0.3, 0.4) is 0 Å². The van der Waals surface area contributed by atoms with Gasteiger partial charge in [0.1, 0.15) is 0 Å². The molecule has 1 fully saturated rings. The number of hydrogen-bond donors (Lipinski definition) is 3. The summed E-state index contributed by atoms with van der Waals surface area (Å²) in [6.07, 6.45) is 0.902. The van der Waals surface area contributed by atoms with Gasteiger partial charge >= 0.3 is 0 Å². The number of hydrogen-bond acceptors (Lipinski definition) is 3. The Morgan fingerprint density at radius 3 is 2.70 bits per heavy atom. The maximum absolute atomic E-state index is 12.1. The highest BCUT2D eigenvalue weighted by molar-refractivity contribution is 9.10. The van der Waals surface area contributed by atoms with Crippen molar-refractivity contribution in [1.29, 1.82) is 0 Å². The lowest BCUT2D eigenvalue weighted by molar-refractivity contribution is -0.133. The number of halogens is 1. The number of likely N-dealkylation sites (tertiary alicyclic amines) is 1. The van der Waals surface area contributed by atoms with Crippen molar-refractivity contribution in [2.24, 2.45) is 10.9 Å². The van der Waals surface area contributed by atoms with Crippen molar-refractivity contribution in [1.82, 2.24) is 20.9 Å². The van der Waals surface area contributed by atoms with Crippen LogP contribution in [0.2, 0.25) is 0 Å². The van der Waals surface area contributed by atoms with Crippen molar-refractivity contribution in [3.8, 4) is 0 Å². The lowest BCUT2D eigenvalue weighted by Crippen LogP contribution is -2.47. The first-order chi connectivity index (χ1) is 12.9. The van der Waals surface area contributed by atoms with Gasteiger partial charge in [0, 0.05) is 55.2 Å². The molecule has 8 heteroatoms. The number of nitrogens with one attached hydrogen (secondary N) is 3. The minimum Gasteiger partial charge on any atom is -0.355 e. The monoisotopic (exact) mass is 437 g/mol. The molecule has 1 aromatic carbocycles. The second kappa shape index (κ2) is 10.3. The highest BCUT2D eigenvalue weighted by Crippen LogP contribution is 2.13. The molecule has 0 spiro atoms. The van der Waals surface area contributed by atoms with Crippen LogP contribution in [0.15, 0.2) is 33.7 Å². The summed E-state index contributed by atoms with van der Waals surface area (Å²) >= 11 is 3.36. The van der Waals surface area contributed by atoms with Crippen molar-refractivity contribution in [3.63, 3.8) is 0 Å². The van der Waals surface area contributed by atoms with Crippen LogP contribution in [-0.2, 0) is 4.79 Å². The minimum absolute atomic E-state index is 0.0232. The molecule has 0 saturated carbocycles. The molecule has 1 saturated heterocycles. The van der Waals surface area contributed by atoms with E-state index in [9.17, 15) is 9.59 Å². The molecule has 1 heterocycles. The smallest absolute Gasteiger partial charge is 0.251 e. The zero-order valence-corrected chi connectivity index (χ0v) is 17.7. The van der Waals surface area contributed by atoms with Crippen molar-refractivity contribution < 1.29 is 9.59 Å². The molecule has 0 aromatic heterocycles. The average Bonchev–Trinajstić information content (AvgIpc) is 3.11. The molecule has 2 amide bonds. The van der Waals surface area contributed by atoms with Crippen molar-refractivity contribution in [3.05, 3.63) is 34.3 Å². The lowest BCUT2D eigenvalue weighted by Gasteiger charge is -2.20. The van der Waals surface area contributed by atoms with Crippen LogP contribution in [0.5, 0.6) is 0 Å². The van der Waals surface area contributed by atoms with Gasteiger partial charge in [0.2, 0.25) is 5.91 Å². The van der Waals surface area contributed by atoms with Crippen LogP contribution < -0.4 is 16.0 Å². The number of aliphatic imine (C=N–C) groups is 1. The molecule has 148 valence electrons. The van der Waals surface area contributed by atoms with Crippen LogP contribution in [0, 0.1) is 5.92 Å². The van der Waals surface area contributed by atoms with Gasteiger partial charge in [0.15, 0.2) is 5.96 Å². The molecular weight excluding hydrogens is 410 g/mol. The van der Waals surface area contributed by atoms with Crippen LogP contribution in [-0.4, -0.2) is 61.9 Å². The second-order valence-corrected chi connectivity index (χ2v) is 7.75. The van der Waals surface area contributed by atoms with E-state index in [1.165, 1.54) is 0 Å². The van der Waals surface area contributed by atoms with E-state index in [0.29, 0.717) is 31.2 Å². The Balaban J connectivity index is 1.70. The number of carbonyl (C=O) groups excluding carboxylic acids is 2. The topological polar surface area (TPSA) is 85.8 Å². The van der Waals surface area contributed by atoms with Crippen LogP contribution in [0.4, 0.5) is 0 Å². The highest BCUT2D eigenvalue weighted by Gasteiger charge is 2.27. The Morgan fingerprint density at radius 2 is 2.04 bits per heavy atom. The maximum Gasteiger partial charge on any atom is 0.251 e. The van der Waals surface area contributed by atoms with Crippen LogP contribution >= 0.6 is 15.9 Å². The first-order valence-electron chi connectivity index (χ1n) is 9.20. The highest BCUT2D eigenvalue weighted by atomic mass is 79.9. The molecule has 3 N–H and O–H groups in total. The number of nitrogens with zero attached hydrogens (tertiary/aromatic N) is 2. The normalized spacial score (nSPS) is 17.1. The zero-order valence-electron chi connectivity index (χ0n) is 16.1. The molecule has 1 aromatic rings. The van der Waals surface area contributed by atoms with Crippen LogP contribution in [0.25, 0.3) is 0 Å². The fraction of sp³-hybridized carbons (Fsp3) is 0.526. The molecule has 0 radical (unpaired) electrons. The van der Waals surface area contributed by atoms with Gasteiger partial charge in [-0.3, -0.25) is 14.6 Å². The van der Waals surface area contributed by atoms with E-state index in [2.05, 4.69) is 36.9 Å². The summed E-state index contributed by atoms with van der Waals surface area (Å²) in [6, 6.07) is 7.46. The largest absolute Gasteiger partial charge is 0.355 e. The second-order valence-electron chi connectivity index (χ2n) is 6.83. The number of carbonyl (C=O) groups is 2. The van der Waals surface area contributed by atoms with Gasteiger partial charge in [-0.05, 0) is 24.6 Å². The third-order valence-corrected chi connectivity index (χ3v) is 4.84. The predicted molar refractivity (Wildman–Crippen MR) is 111 cm³/mol. The molecule has 0 bridgehead atoms. The molecule has 0 aliphatic carbocycles.